The van der Waals surface area contributed by atoms with E-state index in [1.165, 1.54) is 87.6 Å². The van der Waals surface area contributed by atoms with E-state index in [0.717, 1.165) is 33.1 Å². The first-order chi connectivity index (χ1) is 30.3. The Morgan fingerprint density at radius 2 is 0.869 bits per heavy atom. The van der Waals surface area contributed by atoms with E-state index in [1.54, 1.807) is 0 Å². The SMILES string of the molecule is c1ccc(C2(c3ccccc3)c3ccccc3-c3c2ccc2cc(-c4c5ccccc5c(-c5ccc6ccc7cccnc7c6n5)c5ccccc45)c4ccccc4c32)cc1. The number of hydrogen-bond acceptors (Lipinski definition) is 2. The highest BCUT2D eigenvalue weighted by Gasteiger charge is 2.46. The molecule has 10 aromatic carbocycles. The van der Waals surface area contributed by atoms with Crippen molar-refractivity contribution in [2.45, 2.75) is 5.41 Å². The van der Waals surface area contributed by atoms with Gasteiger partial charge in [0.05, 0.1) is 22.1 Å². The van der Waals surface area contributed by atoms with Crippen molar-refractivity contribution in [3.63, 3.8) is 0 Å². The summed E-state index contributed by atoms with van der Waals surface area (Å²) in [7, 11) is 0. The van der Waals surface area contributed by atoms with Crippen LogP contribution in [0.15, 0.2) is 219 Å². The van der Waals surface area contributed by atoms with Gasteiger partial charge >= 0.3 is 0 Å². The Bertz CT molecular complexity index is 3660. The first-order valence-corrected chi connectivity index (χ1v) is 21.1. The smallest absolute Gasteiger partial charge is 0.0972 e. The van der Waals surface area contributed by atoms with Crippen LogP contribution in [0, 0.1) is 0 Å². The van der Waals surface area contributed by atoms with Gasteiger partial charge in [0.1, 0.15) is 0 Å². The van der Waals surface area contributed by atoms with Gasteiger partial charge in [0.25, 0.3) is 0 Å². The van der Waals surface area contributed by atoms with Crippen LogP contribution < -0.4 is 0 Å². The van der Waals surface area contributed by atoms with Gasteiger partial charge in [-0.15, -0.1) is 0 Å². The second-order valence-electron chi connectivity index (χ2n) is 16.3. The van der Waals surface area contributed by atoms with Crippen molar-refractivity contribution in [2.75, 3.05) is 0 Å². The molecule has 0 amide bonds. The summed E-state index contributed by atoms with van der Waals surface area (Å²) in [6, 6.07) is 78.2. The highest BCUT2D eigenvalue weighted by molar-refractivity contribution is 6.27. The fraction of sp³-hybridized carbons (Fsp3) is 0.0169. The molecule has 61 heavy (non-hydrogen) atoms. The molecule has 0 unspecified atom stereocenters. The molecule has 12 aromatic rings. The summed E-state index contributed by atoms with van der Waals surface area (Å²) in [6.07, 6.45) is 1.86. The highest BCUT2D eigenvalue weighted by Crippen LogP contribution is 2.59. The maximum Gasteiger partial charge on any atom is 0.0972 e. The number of hydrogen-bond donors (Lipinski definition) is 0. The predicted molar refractivity (Wildman–Crippen MR) is 255 cm³/mol. The maximum absolute atomic E-state index is 5.41. The first-order valence-electron chi connectivity index (χ1n) is 21.1. The van der Waals surface area contributed by atoms with Crippen molar-refractivity contribution in [1.29, 1.82) is 0 Å². The van der Waals surface area contributed by atoms with Gasteiger partial charge in [-0.3, -0.25) is 4.98 Å². The lowest BCUT2D eigenvalue weighted by Crippen LogP contribution is -2.28. The lowest BCUT2D eigenvalue weighted by molar-refractivity contribution is 0.769. The predicted octanol–water partition coefficient (Wildman–Crippen LogP) is 15.1. The molecule has 2 heterocycles. The summed E-state index contributed by atoms with van der Waals surface area (Å²) in [6.45, 7) is 0. The van der Waals surface area contributed by atoms with Crippen LogP contribution in [0.3, 0.4) is 0 Å². The second kappa shape index (κ2) is 13.0. The van der Waals surface area contributed by atoms with Crippen LogP contribution in [0.2, 0.25) is 0 Å². The van der Waals surface area contributed by atoms with E-state index < -0.39 is 5.41 Å². The van der Waals surface area contributed by atoms with Crippen molar-refractivity contribution < 1.29 is 0 Å². The van der Waals surface area contributed by atoms with Crippen LogP contribution in [-0.2, 0) is 5.41 Å². The van der Waals surface area contributed by atoms with Gasteiger partial charge < -0.3 is 0 Å². The molecule has 2 heteroatoms. The van der Waals surface area contributed by atoms with E-state index in [2.05, 4.69) is 206 Å². The van der Waals surface area contributed by atoms with Gasteiger partial charge in [-0.2, -0.15) is 0 Å². The molecule has 2 nitrogen and oxygen atoms in total. The molecule has 0 spiro atoms. The number of fused-ring (bicyclic) bond motifs is 12. The highest BCUT2D eigenvalue weighted by atomic mass is 14.8. The van der Waals surface area contributed by atoms with Crippen molar-refractivity contribution >= 4 is 64.9 Å². The zero-order valence-corrected chi connectivity index (χ0v) is 33.2. The largest absolute Gasteiger partial charge is 0.254 e. The number of rotatable bonds is 4. The number of aromatic nitrogens is 2. The molecule has 0 atom stereocenters. The summed E-state index contributed by atoms with van der Waals surface area (Å²) < 4.78 is 0. The Morgan fingerprint density at radius 1 is 0.328 bits per heavy atom. The molecule has 0 fully saturated rings. The Kier molecular flexibility index (Phi) is 7.26. The zero-order valence-electron chi connectivity index (χ0n) is 33.2. The molecule has 0 saturated heterocycles. The summed E-state index contributed by atoms with van der Waals surface area (Å²) in [5.41, 5.74) is 13.7. The van der Waals surface area contributed by atoms with E-state index in [9.17, 15) is 0 Å². The van der Waals surface area contributed by atoms with Crippen molar-refractivity contribution in [3.8, 4) is 33.5 Å². The van der Waals surface area contributed by atoms with Crippen molar-refractivity contribution in [1.82, 2.24) is 9.97 Å². The molecule has 0 bridgehead atoms. The van der Waals surface area contributed by atoms with Gasteiger partial charge in [0, 0.05) is 22.5 Å². The lowest BCUT2D eigenvalue weighted by atomic mass is 9.67. The summed E-state index contributed by atoms with van der Waals surface area (Å²) in [4.78, 5) is 10.2. The molecule has 0 radical (unpaired) electrons. The van der Waals surface area contributed by atoms with Crippen LogP contribution in [0.25, 0.3) is 98.4 Å². The molecule has 282 valence electrons. The third-order valence-corrected chi connectivity index (χ3v) is 13.3. The Balaban J connectivity index is 1.12. The summed E-state index contributed by atoms with van der Waals surface area (Å²) >= 11 is 0. The monoisotopic (exact) mass is 772 g/mol. The standard InChI is InChI=1S/C59H36N2/c1-3-17-40(18-4-1)59(41-19-5-2-6-20-41)50-28-14-13-27-48(50)56-51(59)33-31-39-36-49(42-21-7-8-22-43(42)53(39)56)54-44-23-9-11-25-46(44)55(47-26-12-10-24-45(47)54)52-34-32-38-30-29-37-16-15-35-60-57(37)58(38)61-52/h1-36H. The third-order valence-electron chi connectivity index (χ3n) is 13.3. The van der Waals surface area contributed by atoms with Crippen LogP contribution in [0.4, 0.5) is 0 Å². The Labute approximate surface area is 353 Å². The topological polar surface area (TPSA) is 25.8 Å². The number of pyridine rings is 2. The Hall–Kier alpha value is -7.94. The molecule has 13 rings (SSSR count). The van der Waals surface area contributed by atoms with Gasteiger partial charge in [-0.05, 0) is 106 Å². The Morgan fingerprint density at radius 3 is 1.56 bits per heavy atom. The van der Waals surface area contributed by atoms with E-state index >= 15 is 0 Å². The first kappa shape index (κ1) is 34.0. The van der Waals surface area contributed by atoms with Gasteiger partial charge in [0.2, 0.25) is 0 Å². The molecular formula is C59H36N2. The normalized spacial score (nSPS) is 13.0. The molecule has 1 aliphatic rings. The number of benzene rings is 10. The van der Waals surface area contributed by atoms with E-state index in [0.29, 0.717) is 0 Å². The van der Waals surface area contributed by atoms with Crippen molar-refractivity contribution in [3.05, 3.63) is 241 Å². The van der Waals surface area contributed by atoms with E-state index in [4.69, 9.17) is 9.97 Å². The van der Waals surface area contributed by atoms with Crippen LogP contribution in [0.5, 0.6) is 0 Å². The molecular weight excluding hydrogens is 737 g/mol. The van der Waals surface area contributed by atoms with Crippen molar-refractivity contribution in [2.24, 2.45) is 0 Å². The molecule has 0 aliphatic heterocycles. The molecule has 0 N–H and O–H groups in total. The molecule has 2 aromatic heterocycles. The van der Waals surface area contributed by atoms with Gasteiger partial charge in [0.15, 0.2) is 0 Å². The minimum Gasteiger partial charge on any atom is -0.254 e. The zero-order chi connectivity index (χ0) is 40.1. The molecule has 1 aliphatic carbocycles. The summed E-state index contributed by atoms with van der Waals surface area (Å²) in [5, 5.41) is 12.0. The quantitative estimate of drug-likeness (QED) is 0.132. The van der Waals surface area contributed by atoms with E-state index in [1.807, 2.05) is 12.3 Å². The second-order valence-corrected chi connectivity index (χ2v) is 16.3. The maximum atomic E-state index is 5.41. The van der Waals surface area contributed by atoms with Gasteiger partial charge in [-0.25, -0.2) is 4.98 Å². The minimum absolute atomic E-state index is 0.468. The van der Waals surface area contributed by atoms with Gasteiger partial charge in [-0.1, -0.05) is 194 Å². The summed E-state index contributed by atoms with van der Waals surface area (Å²) in [5.74, 6) is 0. The fourth-order valence-electron chi connectivity index (χ4n) is 10.9. The fourth-order valence-corrected chi connectivity index (χ4v) is 10.9. The average Bonchev–Trinajstić information content (AvgIpc) is 3.64. The van der Waals surface area contributed by atoms with E-state index in [-0.39, 0.29) is 0 Å². The third kappa shape index (κ3) is 4.73. The minimum atomic E-state index is -0.468. The average molecular weight is 773 g/mol. The van der Waals surface area contributed by atoms with Crippen LogP contribution in [0.1, 0.15) is 22.3 Å². The van der Waals surface area contributed by atoms with Crippen LogP contribution >= 0.6 is 0 Å². The molecule has 0 saturated carbocycles. The van der Waals surface area contributed by atoms with Crippen LogP contribution in [-0.4, -0.2) is 9.97 Å². The lowest BCUT2D eigenvalue weighted by Gasteiger charge is -2.34. The number of nitrogens with zero attached hydrogens (tertiary/aromatic N) is 2.